The lowest BCUT2D eigenvalue weighted by molar-refractivity contribution is 0.235. The van der Waals surface area contributed by atoms with Crippen molar-refractivity contribution in [1.82, 2.24) is 0 Å². The van der Waals surface area contributed by atoms with E-state index in [0.717, 1.165) is 12.8 Å². The predicted octanol–water partition coefficient (Wildman–Crippen LogP) is 3.29. The van der Waals surface area contributed by atoms with Crippen LogP contribution >= 0.6 is 0 Å². The summed E-state index contributed by atoms with van der Waals surface area (Å²) in [6.07, 6.45) is 4.58. The Kier molecular flexibility index (Phi) is 4.39. The zero-order chi connectivity index (χ0) is 13.9. The molecule has 1 aromatic rings. The molecule has 0 atom stereocenters. The summed E-state index contributed by atoms with van der Waals surface area (Å²) < 4.78 is 48.3. The van der Waals surface area contributed by atoms with Crippen LogP contribution < -0.4 is 5.32 Å². The van der Waals surface area contributed by atoms with Crippen LogP contribution in [0.25, 0.3) is 0 Å². The van der Waals surface area contributed by atoms with Gasteiger partial charge in [0.1, 0.15) is 0 Å². The lowest BCUT2D eigenvalue weighted by atomic mass is 10.1. The van der Waals surface area contributed by atoms with Crippen LogP contribution in [0.2, 0.25) is 0 Å². The van der Waals surface area contributed by atoms with Gasteiger partial charge in [0.15, 0.2) is 0 Å². The number of hydrogen-bond donors (Lipinski definition) is 1. The van der Waals surface area contributed by atoms with Crippen LogP contribution in [0.5, 0.6) is 0 Å². The lowest BCUT2D eigenvalue weighted by Gasteiger charge is -2.15. The van der Waals surface area contributed by atoms with E-state index >= 15 is 0 Å². The van der Waals surface area contributed by atoms with Crippen molar-refractivity contribution >= 4 is 15.5 Å². The van der Waals surface area contributed by atoms with E-state index in [1.807, 2.05) is 0 Å². The fraction of sp³-hybridized carbons (Fsp3) is 0.538. The maximum absolute atomic E-state index is 12.6. The SMILES string of the molecule is O=S(=O)(c1ccccc1NCC1CCCC1)C(F)F. The number of sulfone groups is 1. The molecule has 1 aromatic carbocycles. The molecule has 106 valence electrons. The monoisotopic (exact) mass is 289 g/mol. The first-order valence-corrected chi connectivity index (χ1v) is 7.91. The molecule has 0 spiro atoms. The maximum Gasteiger partial charge on any atom is 0.341 e. The van der Waals surface area contributed by atoms with Crippen molar-refractivity contribution in [3.05, 3.63) is 24.3 Å². The second-order valence-electron chi connectivity index (χ2n) is 4.83. The molecule has 1 fully saturated rings. The average molecular weight is 289 g/mol. The third-order valence-electron chi connectivity index (χ3n) is 3.48. The quantitative estimate of drug-likeness (QED) is 0.904. The second kappa shape index (κ2) is 5.86. The molecular formula is C13H17F2NO2S. The molecule has 2 rings (SSSR count). The topological polar surface area (TPSA) is 46.2 Å². The molecule has 0 amide bonds. The van der Waals surface area contributed by atoms with Crippen molar-refractivity contribution in [2.45, 2.75) is 36.3 Å². The first-order chi connectivity index (χ1) is 9.01. The van der Waals surface area contributed by atoms with Crippen LogP contribution in [0, 0.1) is 5.92 Å². The van der Waals surface area contributed by atoms with Crippen molar-refractivity contribution in [2.24, 2.45) is 5.92 Å². The summed E-state index contributed by atoms with van der Waals surface area (Å²) in [7, 11) is -4.55. The van der Waals surface area contributed by atoms with Gasteiger partial charge in [-0.05, 0) is 30.9 Å². The van der Waals surface area contributed by atoms with Crippen molar-refractivity contribution in [3.63, 3.8) is 0 Å². The summed E-state index contributed by atoms with van der Waals surface area (Å²) in [6, 6.07) is 5.85. The van der Waals surface area contributed by atoms with Gasteiger partial charge in [0.2, 0.25) is 9.84 Å². The summed E-state index contributed by atoms with van der Waals surface area (Å²) in [5.74, 6) is -2.88. The molecule has 6 heteroatoms. The fourth-order valence-corrected chi connectivity index (χ4v) is 3.33. The Bertz CT molecular complexity index is 525. The first kappa shape index (κ1) is 14.2. The largest absolute Gasteiger partial charge is 0.384 e. The van der Waals surface area contributed by atoms with E-state index in [9.17, 15) is 17.2 Å². The number of alkyl halides is 2. The highest BCUT2D eigenvalue weighted by molar-refractivity contribution is 7.91. The van der Waals surface area contributed by atoms with Gasteiger partial charge in [0.25, 0.3) is 0 Å². The fourth-order valence-electron chi connectivity index (χ4n) is 2.43. The minimum absolute atomic E-state index is 0.273. The molecular weight excluding hydrogens is 272 g/mol. The summed E-state index contributed by atoms with van der Waals surface area (Å²) in [6.45, 7) is 0.635. The highest BCUT2D eigenvalue weighted by atomic mass is 32.2. The number of halogens is 2. The highest BCUT2D eigenvalue weighted by Gasteiger charge is 2.29. The molecule has 0 bridgehead atoms. The van der Waals surface area contributed by atoms with Gasteiger partial charge in [0, 0.05) is 6.54 Å². The number of hydrogen-bond acceptors (Lipinski definition) is 3. The summed E-state index contributed by atoms with van der Waals surface area (Å²) in [5, 5.41) is 3.00. The number of benzene rings is 1. The van der Waals surface area contributed by atoms with E-state index in [4.69, 9.17) is 0 Å². The van der Waals surface area contributed by atoms with Crippen LogP contribution in [0.4, 0.5) is 14.5 Å². The van der Waals surface area contributed by atoms with Crippen molar-refractivity contribution in [1.29, 1.82) is 0 Å². The van der Waals surface area contributed by atoms with Gasteiger partial charge >= 0.3 is 5.76 Å². The molecule has 19 heavy (non-hydrogen) atoms. The molecule has 1 aliphatic carbocycles. The average Bonchev–Trinajstić information content (AvgIpc) is 2.89. The Morgan fingerprint density at radius 2 is 1.84 bits per heavy atom. The summed E-state index contributed by atoms with van der Waals surface area (Å²) in [4.78, 5) is -0.317. The van der Waals surface area contributed by atoms with Gasteiger partial charge < -0.3 is 5.32 Å². The summed E-state index contributed by atoms with van der Waals surface area (Å²) >= 11 is 0. The maximum atomic E-state index is 12.6. The Balaban J connectivity index is 2.16. The van der Waals surface area contributed by atoms with E-state index in [-0.39, 0.29) is 10.6 Å². The van der Waals surface area contributed by atoms with Crippen LogP contribution in [-0.2, 0) is 9.84 Å². The zero-order valence-electron chi connectivity index (χ0n) is 10.5. The normalized spacial score (nSPS) is 17.0. The van der Waals surface area contributed by atoms with E-state index in [2.05, 4.69) is 5.32 Å². The van der Waals surface area contributed by atoms with Crippen LogP contribution in [0.15, 0.2) is 29.2 Å². The van der Waals surface area contributed by atoms with Gasteiger partial charge in [-0.2, -0.15) is 8.78 Å². The van der Waals surface area contributed by atoms with Crippen LogP contribution in [-0.4, -0.2) is 20.7 Å². The Labute approximate surface area is 111 Å². The van der Waals surface area contributed by atoms with Gasteiger partial charge in [-0.25, -0.2) is 8.42 Å². The molecule has 0 unspecified atom stereocenters. The van der Waals surface area contributed by atoms with E-state index < -0.39 is 15.6 Å². The van der Waals surface area contributed by atoms with Gasteiger partial charge in [-0.15, -0.1) is 0 Å². The van der Waals surface area contributed by atoms with Crippen molar-refractivity contribution in [2.75, 3.05) is 11.9 Å². The van der Waals surface area contributed by atoms with Crippen molar-refractivity contribution in [3.8, 4) is 0 Å². The molecule has 0 radical (unpaired) electrons. The number of para-hydroxylation sites is 1. The molecule has 1 saturated carbocycles. The molecule has 0 saturated heterocycles. The van der Waals surface area contributed by atoms with E-state index in [1.165, 1.54) is 31.0 Å². The Morgan fingerprint density at radius 1 is 1.21 bits per heavy atom. The van der Waals surface area contributed by atoms with Gasteiger partial charge in [0.05, 0.1) is 10.6 Å². The minimum atomic E-state index is -4.55. The van der Waals surface area contributed by atoms with E-state index in [1.54, 1.807) is 6.07 Å². The number of nitrogens with one attached hydrogen (secondary N) is 1. The second-order valence-corrected chi connectivity index (χ2v) is 6.72. The third kappa shape index (κ3) is 3.23. The zero-order valence-corrected chi connectivity index (χ0v) is 11.3. The number of anilines is 1. The standard InChI is InChI=1S/C13H17F2NO2S/c14-13(15)19(17,18)12-8-4-3-7-11(12)16-9-10-5-1-2-6-10/h3-4,7-8,10,13,16H,1-2,5-6,9H2. The third-order valence-corrected chi connectivity index (χ3v) is 4.92. The number of rotatable bonds is 5. The highest BCUT2D eigenvalue weighted by Crippen LogP contribution is 2.28. The smallest absolute Gasteiger partial charge is 0.341 e. The van der Waals surface area contributed by atoms with Gasteiger partial charge in [-0.1, -0.05) is 25.0 Å². The minimum Gasteiger partial charge on any atom is -0.384 e. The molecule has 1 aliphatic rings. The van der Waals surface area contributed by atoms with Crippen molar-refractivity contribution < 1.29 is 17.2 Å². The molecule has 0 heterocycles. The molecule has 0 aromatic heterocycles. The first-order valence-electron chi connectivity index (χ1n) is 6.37. The van der Waals surface area contributed by atoms with Crippen LogP contribution in [0.1, 0.15) is 25.7 Å². The molecule has 1 N–H and O–H groups in total. The predicted molar refractivity (Wildman–Crippen MR) is 70.1 cm³/mol. The Hall–Kier alpha value is -1.17. The van der Waals surface area contributed by atoms with E-state index in [0.29, 0.717) is 12.5 Å². The molecule has 3 nitrogen and oxygen atoms in total. The van der Waals surface area contributed by atoms with Crippen LogP contribution in [0.3, 0.4) is 0 Å². The lowest BCUT2D eigenvalue weighted by Crippen LogP contribution is -2.17. The van der Waals surface area contributed by atoms with Gasteiger partial charge in [-0.3, -0.25) is 0 Å². The Morgan fingerprint density at radius 3 is 2.47 bits per heavy atom. The summed E-state index contributed by atoms with van der Waals surface area (Å²) in [5.41, 5.74) is 0.273. The molecule has 0 aliphatic heterocycles.